The Morgan fingerprint density at radius 2 is 1.63 bits per heavy atom. The largest absolute Gasteiger partial charge is 0.495 e. The van der Waals surface area contributed by atoms with Gasteiger partial charge in [-0.3, -0.25) is 29.3 Å². The van der Waals surface area contributed by atoms with Crippen LogP contribution in [0.1, 0.15) is 77.6 Å². The number of anilines is 1. The molecular formula is C31H41N5O7. The Balaban J connectivity index is 1.25. The van der Waals surface area contributed by atoms with E-state index in [2.05, 4.69) is 21.3 Å². The minimum atomic E-state index is -0.779. The Bertz CT molecular complexity index is 1310. The van der Waals surface area contributed by atoms with Gasteiger partial charge in [-0.25, -0.2) is 0 Å². The third-order valence-corrected chi connectivity index (χ3v) is 7.14. The minimum Gasteiger partial charge on any atom is -0.495 e. The molecule has 12 heteroatoms. The summed E-state index contributed by atoms with van der Waals surface area (Å²) in [7, 11) is 1.51. The number of carbonyl (C=O) groups is 5. The SMILES string of the molecule is COc1cc(C(=O)NCCCCCCCCNC(=O)COc2cccc(C(=O)NC3CCC(=O)NC3=O)c2C)ccc1N. The van der Waals surface area contributed by atoms with Crippen LogP contribution in [0.15, 0.2) is 36.4 Å². The summed E-state index contributed by atoms with van der Waals surface area (Å²) in [5.74, 6) is -0.866. The summed E-state index contributed by atoms with van der Waals surface area (Å²) in [6, 6.07) is 9.10. The molecule has 0 radical (unpaired) electrons. The Labute approximate surface area is 251 Å². The van der Waals surface area contributed by atoms with Crippen molar-refractivity contribution in [3.8, 4) is 11.5 Å². The molecule has 0 spiro atoms. The van der Waals surface area contributed by atoms with E-state index in [1.165, 1.54) is 7.11 Å². The number of nitrogen functional groups attached to an aromatic ring is 1. The van der Waals surface area contributed by atoms with Crippen molar-refractivity contribution in [2.45, 2.75) is 64.3 Å². The number of methoxy groups -OCH3 is 1. The fourth-order valence-electron chi connectivity index (χ4n) is 4.62. The summed E-state index contributed by atoms with van der Waals surface area (Å²) in [6.45, 7) is 2.65. The Hall–Kier alpha value is -4.61. The van der Waals surface area contributed by atoms with Gasteiger partial charge in [0.15, 0.2) is 6.61 Å². The lowest BCUT2D eigenvalue weighted by Crippen LogP contribution is -2.52. The molecule has 1 fully saturated rings. The molecular weight excluding hydrogens is 554 g/mol. The normalized spacial score (nSPS) is 14.4. The minimum absolute atomic E-state index is 0.156. The van der Waals surface area contributed by atoms with Gasteiger partial charge in [-0.2, -0.15) is 0 Å². The van der Waals surface area contributed by atoms with Crippen molar-refractivity contribution in [1.29, 1.82) is 0 Å². The molecule has 2 aromatic carbocycles. The second-order valence-electron chi connectivity index (χ2n) is 10.4. The van der Waals surface area contributed by atoms with Crippen LogP contribution >= 0.6 is 0 Å². The van der Waals surface area contributed by atoms with Crippen LogP contribution in [0.2, 0.25) is 0 Å². The number of piperidine rings is 1. The average molecular weight is 596 g/mol. The van der Waals surface area contributed by atoms with Crippen molar-refractivity contribution in [3.05, 3.63) is 53.1 Å². The number of rotatable bonds is 16. The first-order valence-electron chi connectivity index (χ1n) is 14.5. The van der Waals surface area contributed by atoms with Crippen molar-refractivity contribution in [3.63, 3.8) is 0 Å². The third-order valence-electron chi connectivity index (χ3n) is 7.14. The number of hydrogen-bond acceptors (Lipinski definition) is 8. The van der Waals surface area contributed by atoms with E-state index in [9.17, 15) is 24.0 Å². The van der Waals surface area contributed by atoms with Crippen molar-refractivity contribution in [1.82, 2.24) is 21.3 Å². The first kappa shape index (κ1) is 32.9. The Kier molecular flexibility index (Phi) is 12.8. The molecule has 0 bridgehead atoms. The van der Waals surface area contributed by atoms with Crippen LogP contribution in [-0.4, -0.2) is 62.4 Å². The van der Waals surface area contributed by atoms with Gasteiger partial charge < -0.3 is 31.2 Å². The number of nitrogens with two attached hydrogens (primary N) is 1. The summed E-state index contributed by atoms with van der Waals surface area (Å²) in [5.41, 5.74) is 7.66. The van der Waals surface area contributed by atoms with Gasteiger partial charge in [0.25, 0.3) is 17.7 Å². The summed E-state index contributed by atoms with van der Waals surface area (Å²) in [6.07, 6.45) is 6.17. The third kappa shape index (κ3) is 10.3. The number of carbonyl (C=O) groups excluding carboxylic acids is 5. The maximum Gasteiger partial charge on any atom is 0.257 e. The summed E-state index contributed by atoms with van der Waals surface area (Å²) in [4.78, 5) is 60.5. The Morgan fingerprint density at radius 1 is 0.930 bits per heavy atom. The number of ether oxygens (including phenoxy) is 2. The molecule has 232 valence electrons. The topological polar surface area (TPSA) is 178 Å². The van der Waals surface area contributed by atoms with Gasteiger partial charge in [0.2, 0.25) is 11.8 Å². The van der Waals surface area contributed by atoms with E-state index in [1.807, 2.05) is 0 Å². The number of benzene rings is 2. The molecule has 1 atom stereocenters. The van der Waals surface area contributed by atoms with Crippen LogP contribution in [-0.2, 0) is 14.4 Å². The van der Waals surface area contributed by atoms with Gasteiger partial charge in [-0.05, 0) is 56.5 Å². The van der Waals surface area contributed by atoms with Crippen molar-refractivity contribution in [2.75, 3.05) is 32.5 Å². The van der Waals surface area contributed by atoms with Gasteiger partial charge in [0, 0.05) is 36.2 Å². The summed E-state index contributed by atoms with van der Waals surface area (Å²) >= 11 is 0. The predicted molar refractivity (Wildman–Crippen MR) is 161 cm³/mol. The lowest BCUT2D eigenvalue weighted by atomic mass is 10.0. The molecule has 1 heterocycles. The van der Waals surface area contributed by atoms with E-state index in [0.717, 1.165) is 38.5 Å². The van der Waals surface area contributed by atoms with Crippen LogP contribution in [0.3, 0.4) is 0 Å². The van der Waals surface area contributed by atoms with E-state index in [-0.39, 0.29) is 37.2 Å². The van der Waals surface area contributed by atoms with E-state index in [4.69, 9.17) is 15.2 Å². The standard InChI is InChI=1S/C31H41N5O7/c1-20-22(30(40)35-24-14-15-27(37)36-31(24)41)10-9-11-25(20)43-19-28(38)33-16-7-5-3-4-6-8-17-34-29(39)21-12-13-23(32)26(18-21)42-2/h9-13,18,24H,3-8,14-17,19,32H2,1-2H3,(H,33,38)(H,34,39)(H,35,40)(H,36,37,41). The van der Waals surface area contributed by atoms with Crippen LogP contribution in [0.4, 0.5) is 5.69 Å². The predicted octanol–water partition coefficient (Wildman–Crippen LogP) is 2.39. The molecule has 43 heavy (non-hydrogen) atoms. The highest BCUT2D eigenvalue weighted by molar-refractivity contribution is 6.04. The van der Waals surface area contributed by atoms with Gasteiger partial charge >= 0.3 is 0 Å². The molecule has 1 aliphatic heterocycles. The van der Waals surface area contributed by atoms with Crippen LogP contribution < -0.4 is 36.5 Å². The van der Waals surface area contributed by atoms with Gasteiger partial charge in [-0.15, -0.1) is 0 Å². The van der Waals surface area contributed by atoms with Gasteiger partial charge in [-0.1, -0.05) is 31.7 Å². The number of amides is 5. The molecule has 1 aliphatic rings. The number of hydrogen-bond donors (Lipinski definition) is 5. The van der Waals surface area contributed by atoms with Crippen molar-refractivity contribution in [2.24, 2.45) is 0 Å². The summed E-state index contributed by atoms with van der Waals surface area (Å²) < 4.78 is 10.8. The average Bonchev–Trinajstić information content (AvgIpc) is 2.99. The fourth-order valence-corrected chi connectivity index (χ4v) is 4.62. The van der Waals surface area contributed by atoms with Gasteiger partial charge in [0.1, 0.15) is 17.5 Å². The highest BCUT2D eigenvalue weighted by Gasteiger charge is 2.28. The second kappa shape index (κ2) is 16.7. The zero-order valence-electron chi connectivity index (χ0n) is 24.8. The molecule has 0 aromatic heterocycles. The highest BCUT2D eigenvalue weighted by atomic mass is 16.5. The zero-order chi connectivity index (χ0) is 31.2. The number of unbranched alkanes of at least 4 members (excludes halogenated alkanes) is 5. The van der Waals surface area contributed by atoms with E-state index < -0.39 is 17.9 Å². The van der Waals surface area contributed by atoms with Crippen LogP contribution in [0, 0.1) is 6.92 Å². The molecule has 0 saturated carbocycles. The lowest BCUT2D eigenvalue weighted by molar-refractivity contribution is -0.134. The zero-order valence-corrected chi connectivity index (χ0v) is 24.8. The van der Waals surface area contributed by atoms with Gasteiger partial charge in [0.05, 0.1) is 12.8 Å². The molecule has 12 nitrogen and oxygen atoms in total. The van der Waals surface area contributed by atoms with E-state index >= 15 is 0 Å². The first-order valence-corrected chi connectivity index (χ1v) is 14.5. The molecule has 1 saturated heterocycles. The number of nitrogens with one attached hydrogen (secondary N) is 4. The van der Waals surface area contributed by atoms with E-state index in [1.54, 1.807) is 43.3 Å². The highest BCUT2D eigenvalue weighted by Crippen LogP contribution is 2.23. The molecule has 3 rings (SSSR count). The maximum absolute atomic E-state index is 12.7. The smallest absolute Gasteiger partial charge is 0.257 e. The van der Waals surface area contributed by atoms with Crippen LogP contribution in [0.5, 0.6) is 11.5 Å². The van der Waals surface area contributed by atoms with Crippen LogP contribution in [0.25, 0.3) is 0 Å². The molecule has 6 N–H and O–H groups in total. The Morgan fingerprint density at radius 3 is 2.33 bits per heavy atom. The second-order valence-corrected chi connectivity index (χ2v) is 10.4. The number of imide groups is 1. The maximum atomic E-state index is 12.7. The first-order chi connectivity index (χ1) is 20.7. The molecule has 5 amide bonds. The van der Waals surface area contributed by atoms with Crippen molar-refractivity contribution >= 4 is 35.2 Å². The quantitative estimate of drug-likeness (QED) is 0.112. The summed E-state index contributed by atoms with van der Waals surface area (Å²) in [5, 5.41) is 10.6. The molecule has 1 unspecified atom stereocenters. The monoisotopic (exact) mass is 595 g/mol. The lowest BCUT2D eigenvalue weighted by Gasteiger charge is -2.22. The molecule has 0 aliphatic carbocycles. The molecule has 2 aromatic rings. The van der Waals surface area contributed by atoms with Crippen molar-refractivity contribution < 1.29 is 33.4 Å². The van der Waals surface area contributed by atoms with E-state index in [0.29, 0.717) is 47.0 Å². The fraction of sp³-hybridized carbons (Fsp3) is 0.452.